The Morgan fingerprint density at radius 2 is 1.68 bits per heavy atom. The molecule has 0 aromatic heterocycles. The molecule has 1 aromatic rings. The maximum Gasteiger partial charge on any atom is 0.222 e. The van der Waals surface area contributed by atoms with Crippen molar-refractivity contribution < 1.29 is 14.3 Å². The minimum Gasteiger partial charge on any atom is -0.390 e. The van der Waals surface area contributed by atoms with E-state index in [1.54, 1.807) is 4.90 Å². The molecule has 2 heterocycles. The third-order valence-electron chi connectivity index (χ3n) is 5.07. The number of amides is 1. The van der Waals surface area contributed by atoms with Crippen LogP contribution >= 0.6 is 0 Å². The van der Waals surface area contributed by atoms with E-state index in [0.717, 1.165) is 57.7 Å². The molecule has 2 aliphatic heterocycles. The third-order valence-corrected chi connectivity index (χ3v) is 5.07. The molecule has 1 amide bonds. The van der Waals surface area contributed by atoms with E-state index in [4.69, 9.17) is 0 Å². The highest BCUT2D eigenvalue weighted by Crippen LogP contribution is 2.12. The van der Waals surface area contributed by atoms with Crippen molar-refractivity contribution >= 4 is 5.91 Å². The molecular formula is C19H28FN3O2. The fraction of sp³-hybridized carbons (Fsp3) is 0.632. The van der Waals surface area contributed by atoms with Gasteiger partial charge in [-0.1, -0.05) is 12.1 Å². The summed E-state index contributed by atoms with van der Waals surface area (Å²) in [4.78, 5) is 18.1. The topological polar surface area (TPSA) is 47.0 Å². The van der Waals surface area contributed by atoms with Crippen molar-refractivity contribution in [3.05, 3.63) is 35.6 Å². The molecule has 1 atom stereocenters. The summed E-state index contributed by atoms with van der Waals surface area (Å²) in [5.74, 6) is -0.0309. The predicted molar refractivity (Wildman–Crippen MR) is 94.6 cm³/mol. The highest BCUT2D eigenvalue weighted by atomic mass is 19.1. The van der Waals surface area contributed by atoms with E-state index in [9.17, 15) is 14.3 Å². The molecule has 5 nitrogen and oxygen atoms in total. The minimum absolute atomic E-state index is 0.167. The van der Waals surface area contributed by atoms with Crippen molar-refractivity contribution in [2.24, 2.45) is 0 Å². The molecule has 0 spiro atoms. The summed E-state index contributed by atoms with van der Waals surface area (Å²) in [5.41, 5.74) is 1.13. The first-order chi connectivity index (χ1) is 12.1. The van der Waals surface area contributed by atoms with Crippen LogP contribution in [0.15, 0.2) is 24.3 Å². The van der Waals surface area contributed by atoms with Gasteiger partial charge in [0.05, 0.1) is 6.10 Å². The molecule has 0 radical (unpaired) electrons. The molecule has 25 heavy (non-hydrogen) atoms. The molecule has 0 bridgehead atoms. The van der Waals surface area contributed by atoms with Crippen LogP contribution in [0, 0.1) is 5.82 Å². The fourth-order valence-electron chi connectivity index (χ4n) is 3.72. The molecule has 2 aliphatic rings. The first kappa shape index (κ1) is 18.3. The Labute approximate surface area is 149 Å². The smallest absolute Gasteiger partial charge is 0.222 e. The Kier molecular flexibility index (Phi) is 6.39. The molecule has 0 aliphatic carbocycles. The number of carbonyl (C=O) groups excluding carboxylic acids is 1. The molecule has 1 aromatic carbocycles. The van der Waals surface area contributed by atoms with Gasteiger partial charge in [0.2, 0.25) is 5.91 Å². The highest BCUT2D eigenvalue weighted by Gasteiger charge is 2.24. The predicted octanol–water partition coefficient (Wildman–Crippen LogP) is 1.32. The van der Waals surface area contributed by atoms with E-state index >= 15 is 0 Å². The van der Waals surface area contributed by atoms with Gasteiger partial charge in [-0.15, -0.1) is 0 Å². The van der Waals surface area contributed by atoms with Crippen LogP contribution in [0.5, 0.6) is 0 Å². The van der Waals surface area contributed by atoms with Crippen LogP contribution in [0.4, 0.5) is 4.39 Å². The number of halogens is 1. The molecular weight excluding hydrogens is 321 g/mol. The van der Waals surface area contributed by atoms with Crippen molar-refractivity contribution in [3.63, 3.8) is 0 Å². The molecule has 3 rings (SSSR count). The molecule has 1 unspecified atom stereocenters. The molecule has 0 saturated carbocycles. The Hall–Kier alpha value is -1.50. The monoisotopic (exact) mass is 349 g/mol. The van der Waals surface area contributed by atoms with E-state index in [-0.39, 0.29) is 11.7 Å². The van der Waals surface area contributed by atoms with Gasteiger partial charge < -0.3 is 10.0 Å². The van der Waals surface area contributed by atoms with Crippen LogP contribution in [0.25, 0.3) is 0 Å². The Morgan fingerprint density at radius 3 is 2.40 bits per heavy atom. The number of carbonyl (C=O) groups is 1. The SMILES string of the molecule is O=C1CCCN1CC(O)CN1CCCN(Cc2ccc(F)cc2)CC1. The lowest BCUT2D eigenvalue weighted by molar-refractivity contribution is -0.129. The summed E-state index contributed by atoms with van der Waals surface area (Å²) >= 11 is 0. The molecule has 2 saturated heterocycles. The van der Waals surface area contributed by atoms with Crippen molar-refractivity contribution in [2.75, 3.05) is 45.8 Å². The quantitative estimate of drug-likeness (QED) is 0.841. The van der Waals surface area contributed by atoms with Gasteiger partial charge in [-0.05, 0) is 43.6 Å². The Balaban J connectivity index is 1.43. The summed E-state index contributed by atoms with van der Waals surface area (Å²) in [6, 6.07) is 6.70. The zero-order chi connectivity index (χ0) is 17.6. The van der Waals surface area contributed by atoms with Crippen molar-refractivity contribution in [3.8, 4) is 0 Å². The van der Waals surface area contributed by atoms with Gasteiger partial charge in [-0.3, -0.25) is 14.6 Å². The number of hydrogen-bond donors (Lipinski definition) is 1. The molecule has 138 valence electrons. The standard InChI is InChI=1S/C19H28FN3O2/c20-17-6-4-16(5-7-17)13-21-8-2-9-22(12-11-21)14-18(24)15-23-10-1-3-19(23)25/h4-7,18,24H,1-3,8-15H2. The van der Waals surface area contributed by atoms with Gasteiger partial charge in [0.25, 0.3) is 0 Å². The number of likely N-dealkylation sites (tertiary alicyclic amines) is 1. The first-order valence-corrected chi connectivity index (χ1v) is 9.25. The van der Waals surface area contributed by atoms with E-state index in [2.05, 4.69) is 9.80 Å². The second-order valence-corrected chi connectivity index (χ2v) is 7.15. The van der Waals surface area contributed by atoms with E-state index in [1.165, 1.54) is 12.1 Å². The summed E-state index contributed by atoms with van der Waals surface area (Å²) < 4.78 is 13.0. The average Bonchev–Trinajstić information content (AvgIpc) is 2.86. The van der Waals surface area contributed by atoms with E-state index in [0.29, 0.717) is 19.5 Å². The van der Waals surface area contributed by atoms with Crippen LogP contribution in [-0.2, 0) is 11.3 Å². The number of benzene rings is 1. The van der Waals surface area contributed by atoms with Gasteiger partial charge in [0, 0.05) is 45.7 Å². The summed E-state index contributed by atoms with van der Waals surface area (Å²) in [7, 11) is 0. The highest BCUT2D eigenvalue weighted by molar-refractivity contribution is 5.78. The van der Waals surface area contributed by atoms with Gasteiger partial charge in [0.15, 0.2) is 0 Å². The van der Waals surface area contributed by atoms with E-state index in [1.807, 2.05) is 12.1 Å². The Morgan fingerprint density at radius 1 is 0.960 bits per heavy atom. The number of β-amino-alcohol motifs (C(OH)–C–C–N with tert-alkyl or cyclic N) is 1. The van der Waals surface area contributed by atoms with Crippen LogP contribution < -0.4 is 0 Å². The normalized spacial score (nSPS) is 21.5. The number of nitrogens with zero attached hydrogens (tertiary/aromatic N) is 3. The summed E-state index contributed by atoms with van der Waals surface area (Å²) in [6.45, 7) is 6.50. The largest absolute Gasteiger partial charge is 0.390 e. The van der Waals surface area contributed by atoms with Gasteiger partial charge >= 0.3 is 0 Å². The molecule has 6 heteroatoms. The number of hydrogen-bond acceptors (Lipinski definition) is 4. The zero-order valence-electron chi connectivity index (χ0n) is 14.7. The number of aliphatic hydroxyl groups is 1. The second-order valence-electron chi connectivity index (χ2n) is 7.15. The lowest BCUT2D eigenvalue weighted by Crippen LogP contribution is -2.42. The van der Waals surface area contributed by atoms with Crippen LogP contribution in [0.2, 0.25) is 0 Å². The van der Waals surface area contributed by atoms with Crippen LogP contribution in [0.3, 0.4) is 0 Å². The fourth-order valence-corrected chi connectivity index (χ4v) is 3.72. The lowest BCUT2D eigenvalue weighted by atomic mass is 10.2. The van der Waals surface area contributed by atoms with Crippen LogP contribution in [0.1, 0.15) is 24.8 Å². The zero-order valence-corrected chi connectivity index (χ0v) is 14.7. The Bertz CT molecular complexity index is 566. The minimum atomic E-state index is -0.481. The third kappa shape index (κ3) is 5.49. The molecule has 1 N–H and O–H groups in total. The van der Waals surface area contributed by atoms with Crippen molar-refractivity contribution in [1.82, 2.24) is 14.7 Å². The maximum atomic E-state index is 13.0. The average molecular weight is 349 g/mol. The molecule has 2 fully saturated rings. The second kappa shape index (κ2) is 8.74. The number of rotatable bonds is 6. The first-order valence-electron chi connectivity index (χ1n) is 9.25. The summed E-state index contributed by atoms with van der Waals surface area (Å²) in [6.07, 6.45) is 2.10. The van der Waals surface area contributed by atoms with Gasteiger partial charge in [-0.25, -0.2) is 4.39 Å². The van der Waals surface area contributed by atoms with Gasteiger partial charge in [0.1, 0.15) is 5.82 Å². The van der Waals surface area contributed by atoms with Gasteiger partial charge in [-0.2, -0.15) is 0 Å². The van der Waals surface area contributed by atoms with Crippen LogP contribution in [-0.4, -0.2) is 77.6 Å². The maximum absolute atomic E-state index is 13.0. The van der Waals surface area contributed by atoms with Crippen molar-refractivity contribution in [2.45, 2.75) is 31.9 Å². The van der Waals surface area contributed by atoms with Crippen molar-refractivity contribution in [1.29, 1.82) is 0 Å². The lowest BCUT2D eigenvalue weighted by Gasteiger charge is -2.26. The summed E-state index contributed by atoms with van der Waals surface area (Å²) in [5, 5.41) is 10.3. The number of aliphatic hydroxyl groups excluding tert-OH is 1. The van der Waals surface area contributed by atoms with E-state index < -0.39 is 6.10 Å².